The number of rotatable bonds is 52. The number of carbonyl (C=O) groups is 2. The van der Waals surface area contributed by atoms with E-state index in [1.165, 1.54) is 173 Å². The van der Waals surface area contributed by atoms with Crippen molar-refractivity contribution in [3.8, 4) is 0 Å². The summed E-state index contributed by atoms with van der Waals surface area (Å²) in [6, 6.07) is -0.708. The largest absolute Gasteiger partial charge is 0.462 e. The second kappa shape index (κ2) is 53.0. The van der Waals surface area contributed by atoms with Crippen molar-refractivity contribution in [2.24, 2.45) is 0 Å². The quantitative estimate of drug-likeness (QED) is 0.0244. The van der Waals surface area contributed by atoms with Crippen molar-refractivity contribution >= 4 is 11.9 Å². The predicted octanol–water partition coefficient (Wildman–Crippen LogP) is 17.6. The lowest BCUT2D eigenvalue weighted by Crippen LogP contribution is -2.46. The van der Waals surface area contributed by atoms with Crippen LogP contribution in [0.5, 0.6) is 0 Å². The zero-order valence-corrected chi connectivity index (χ0v) is 43.6. The Kier molecular flexibility index (Phi) is 51.5. The summed E-state index contributed by atoms with van der Waals surface area (Å²) in [5.74, 6) is -0.491. The Bertz CT molecular complexity index is 1070. The van der Waals surface area contributed by atoms with E-state index in [4.69, 9.17) is 4.74 Å². The highest BCUT2D eigenvalue weighted by molar-refractivity contribution is 5.77. The van der Waals surface area contributed by atoms with Crippen LogP contribution in [0.25, 0.3) is 0 Å². The highest BCUT2D eigenvalue weighted by Gasteiger charge is 2.24. The number of ether oxygens (including phenoxy) is 1. The molecule has 0 spiro atoms. The zero-order chi connectivity index (χ0) is 47.4. The lowest BCUT2D eigenvalue weighted by Gasteiger charge is -2.24. The fourth-order valence-corrected chi connectivity index (χ4v) is 8.83. The number of esters is 1. The molecule has 0 bridgehead atoms. The topological polar surface area (TPSA) is 95.9 Å². The molecule has 0 radical (unpaired) electrons. The Morgan fingerprint density at radius 3 is 1.22 bits per heavy atom. The van der Waals surface area contributed by atoms with Gasteiger partial charge in [0.25, 0.3) is 0 Å². The number of amides is 1. The van der Waals surface area contributed by atoms with E-state index < -0.39 is 18.2 Å². The van der Waals surface area contributed by atoms with E-state index in [1.807, 2.05) is 0 Å². The summed E-state index contributed by atoms with van der Waals surface area (Å²) in [5.41, 5.74) is 0. The van der Waals surface area contributed by atoms with Gasteiger partial charge in [0, 0.05) is 6.42 Å². The average Bonchev–Trinajstić information content (AvgIpc) is 3.30. The first-order valence-corrected chi connectivity index (χ1v) is 28.7. The maximum absolute atomic E-state index is 13.2. The summed E-state index contributed by atoms with van der Waals surface area (Å²) < 4.78 is 5.94. The number of unbranched alkanes of at least 4 members (excludes halogenated alkanes) is 35. The Labute approximate surface area is 404 Å². The molecule has 0 rings (SSSR count). The van der Waals surface area contributed by atoms with Crippen LogP contribution < -0.4 is 5.32 Å². The molecular weight excluding hydrogens is 803 g/mol. The molecule has 0 aliphatic carbocycles. The summed E-state index contributed by atoms with van der Waals surface area (Å²) in [6.45, 7) is 6.48. The van der Waals surface area contributed by atoms with Crippen LogP contribution in [0.15, 0.2) is 36.5 Å². The molecule has 0 heterocycles. The average molecular weight is 915 g/mol. The van der Waals surface area contributed by atoms with Crippen molar-refractivity contribution in [2.45, 2.75) is 322 Å². The molecule has 3 unspecified atom stereocenters. The van der Waals surface area contributed by atoms with E-state index in [1.54, 1.807) is 0 Å². The summed E-state index contributed by atoms with van der Waals surface area (Å²) in [5, 5.41) is 23.9. The molecule has 6 heteroatoms. The van der Waals surface area contributed by atoms with Crippen molar-refractivity contribution < 1.29 is 24.5 Å². The van der Waals surface area contributed by atoms with Crippen molar-refractivity contribution in [1.82, 2.24) is 5.32 Å². The number of aliphatic hydroxyl groups is 2. The van der Waals surface area contributed by atoms with Crippen LogP contribution in [0, 0.1) is 0 Å². The third kappa shape index (κ3) is 48.3. The van der Waals surface area contributed by atoms with Crippen LogP contribution in [0.1, 0.15) is 303 Å². The third-order valence-corrected chi connectivity index (χ3v) is 13.2. The van der Waals surface area contributed by atoms with Crippen LogP contribution in [-0.2, 0) is 14.3 Å². The van der Waals surface area contributed by atoms with Crippen LogP contribution in [0.3, 0.4) is 0 Å². The fraction of sp³-hybridized carbons (Fsp3) is 0.864. The van der Waals surface area contributed by atoms with Gasteiger partial charge in [-0.25, -0.2) is 0 Å². The first-order chi connectivity index (χ1) is 32.0. The standard InChI is InChI=1S/C59H111NO5/c1-4-7-10-13-16-19-22-25-27-28-29-31-34-37-40-43-46-49-52-59(64)65-55(50-47-44-41-38-35-32-24-21-18-15-12-9-6-3)53-58(63)60-56(54-61)57(62)51-48-45-42-39-36-33-30-26-23-20-17-14-11-8-5-2/h18,21,24,29,31-32,55-57,61-62H,4-17,19-20,22-23,25-28,30,33-54H2,1-3H3,(H,60,63)/b21-18+,31-29+,32-24+. The first-order valence-electron chi connectivity index (χ1n) is 28.7. The molecule has 0 aromatic carbocycles. The van der Waals surface area contributed by atoms with E-state index in [-0.39, 0.29) is 24.9 Å². The maximum atomic E-state index is 13.2. The molecule has 1 amide bonds. The number of carbonyl (C=O) groups excluding carboxylic acids is 2. The minimum Gasteiger partial charge on any atom is -0.462 e. The minimum atomic E-state index is -0.793. The first kappa shape index (κ1) is 63.1. The molecule has 0 saturated carbocycles. The highest BCUT2D eigenvalue weighted by Crippen LogP contribution is 2.18. The van der Waals surface area contributed by atoms with Gasteiger partial charge in [-0.3, -0.25) is 9.59 Å². The van der Waals surface area contributed by atoms with Crippen LogP contribution in [0.4, 0.5) is 0 Å². The number of aliphatic hydroxyl groups excluding tert-OH is 2. The van der Waals surface area contributed by atoms with Crippen molar-refractivity contribution in [1.29, 1.82) is 0 Å². The highest BCUT2D eigenvalue weighted by atomic mass is 16.5. The Balaban J connectivity index is 4.53. The van der Waals surface area contributed by atoms with Crippen molar-refractivity contribution in [2.75, 3.05) is 6.61 Å². The van der Waals surface area contributed by atoms with Gasteiger partial charge in [0.1, 0.15) is 6.10 Å². The molecule has 6 nitrogen and oxygen atoms in total. The normalized spacial score (nSPS) is 13.4. The third-order valence-electron chi connectivity index (χ3n) is 13.2. The molecule has 0 aliphatic heterocycles. The molecule has 3 N–H and O–H groups in total. The van der Waals surface area contributed by atoms with E-state index in [0.717, 1.165) is 83.5 Å². The number of nitrogens with one attached hydrogen (secondary N) is 1. The lowest BCUT2D eigenvalue weighted by molar-refractivity contribution is -0.151. The smallest absolute Gasteiger partial charge is 0.306 e. The number of hydrogen-bond acceptors (Lipinski definition) is 5. The maximum Gasteiger partial charge on any atom is 0.306 e. The van der Waals surface area contributed by atoms with Gasteiger partial charge >= 0.3 is 5.97 Å². The van der Waals surface area contributed by atoms with Crippen LogP contribution in [-0.4, -0.2) is 46.9 Å². The predicted molar refractivity (Wildman–Crippen MR) is 282 cm³/mol. The van der Waals surface area contributed by atoms with Gasteiger partial charge in [-0.2, -0.15) is 0 Å². The summed E-state index contributed by atoms with van der Waals surface area (Å²) in [7, 11) is 0. The molecular formula is C59H111NO5. The van der Waals surface area contributed by atoms with E-state index in [0.29, 0.717) is 19.3 Å². The van der Waals surface area contributed by atoms with Gasteiger partial charge in [-0.1, -0.05) is 250 Å². The Morgan fingerprint density at radius 2 is 0.785 bits per heavy atom. The summed E-state index contributed by atoms with van der Waals surface area (Å²) >= 11 is 0. The van der Waals surface area contributed by atoms with Gasteiger partial charge in [0.15, 0.2) is 0 Å². The minimum absolute atomic E-state index is 0.0634. The van der Waals surface area contributed by atoms with Gasteiger partial charge in [-0.05, 0) is 77.0 Å². The summed E-state index contributed by atoms with van der Waals surface area (Å²) in [4.78, 5) is 26.2. The van der Waals surface area contributed by atoms with Gasteiger partial charge in [0.2, 0.25) is 5.91 Å². The van der Waals surface area contributed by atoms with Crippen LogP contribution >= 0.6 is 0 Å². The van der Waals surface area contributed by atoms with E-state index >= 15 is 0 Å². The molecule has 0 aromatic heterocycles. The van der Waals surface area contributed by atoms with Crippen molar-refractivity contribution in [3.63, 3.8) is 0 Å². The number of hydrogen-bond donors (Lipinski definition) is 3. The monoisotopic (exact) mass is 914 g/mol. The Hall–Kier alpha value is -1.92. The lowest BCUT2D eigenvalue weighted by atomic mass is 10.0. The molecule has 0 fully saturated rings. The van der Waals surface area contributed by atoms with E-state index in [9.17, 15) is 19.8 Å². The molecule has 382 valence electrons. The zero-order valence-electron chi connectivity index (χ0n) is 43.6. The fourth-order valence-electron chi connectivity index (χ4n) is 8.83. The van der Waals surface area contributed by atoms with Gasteiger partial charge < -0.3 is 20.3 Å². The SMILES string of the molecule is CCCCC/C=C/C=C/CCCCCCC(CC(=O)NC(CO)C(O)CCCCCCCCCCCCCCCCC)OC(=O)CCCCCCC/C=C/CCCCCCCCCCC. The van der Waals surface area contributed by atoms with Crippen LogP contribution in [0.2, 0.25) is 0 Å². The molecule has 3 atom stereocenters. The summed E-state index contributed by atoms with van der Waals surface area (Å²) in [6.07, 6.45) is 63.5. The Morgan fingerprint density at radius 1 is 0.446 bits per heavy atom. The van der Waals surface area contributed by atoms with Gasteiger partial charge in [0.05, 0.1) is 25.2 Å². The van der Waals surface area contributed by atoms with Gasteiger partial charge in [-0.15, -0.1) is 0 Å². The van der Waals surface area contributed by atoms with E-state index in [2.05, 4.69) is 62.5 Å². The van der Waals surface area contributed by atoms with Crippen molar-refractivity contribution in [3.05, 3.63) is 36.5 Å². The molecule has 65 heavy (non-hydrogen) atoms. The number of allylic oxidation sites excluding steroid dienone is 6. The molecule has 0 aromatic rings. The second-order valence-corrected chi connectivity index (χ2v) is 19.7. The second-order valence-electron chi connectivity index (χ2n) is 19.7. The molecule has 0 aliphatic rings. The molecule has 0 saturated heterocycles.